The highest BCUT2D eigenvalue weighted by molar-refractivity contribution is 5.44. The van der Waals surface area contributed by atoms with Crippen LogP contribution in [0.1, 0.15) is 16.7 Å². The third kappa shape index (κ3) is 3.88. The Morgan fingerprint density at radius 3 is 2.64 bits per heavy atom. The van der Waals surface area contributed by atoms with Crippen molar-refractivity contribution in [3.8, 4) is 17.6 Å². The number of pyridine rings is 1. The maximum atomic E-state index is 12.8. The van der Waals surface area contributed by atoms with Gasteiger partial charge in [-0.15, -0.1) is 0 Å². The molecule has 0 atom stereocenters. The third-order valence-corrected chi connectivity index (χ3v) is 2.86. The van der Waals surface area contributed by atoms with Crippen LogP contribution in [0.4, 0.5) is 13.2 Å². The summed E-state index contributed by atoms with van der Waals surface area (Å²) < 4.78 is 43.7. The SMILES string of the molecule is N#Cc1ccc(OCCc2cncc(O)c2)cc1C(F)(F)F. The first kappa shape index (κ1) is 15.6. The van der Waals surface area contributed by atoms with Gasteiger partial charge in [0.25, 0.3) is 0 Å². The van der Waals surface area contributed by atoms with Gasteiger partial charge in [0.15, 0.2) is 0 Å². The second-order valence-corrected chi connectivity index (χ2v) is 4.47. The van der Waals surface area contributed by atoms with Gasteiger partial charge in [-0.3, -0.25) is 4.98 Å². The maximum absolute atomic E-state index is 12.8. The Labute approximate surface area is 124 Å². The summed E-state index contributed by atoms with van der Waals surface area (Å²) >= 11 is 0. The van der Waals surface area contributed by atoms with Gasteiger partial charge in [0, 0.05) is 12.6 Å². The number of benzene rings is 1. The molecule has 0 amide bonds. The normalized spacial score (nSPS) is 11.0. The molecule has 1 aromatic heterocycles. The van der Waals surface area contributed by atoms with E-state index < -0.39 is 17.3 Å². The van der Waals surface area contributed by atoms with Crippen LogP contribution in [0.25, 0.3) is 0 Å². The van der Waals surface area contributed by atoms with Crippen LogP contribution in [0.5, 0.6) is 11.5 Å². The number of nitriles is 1. The predicted molar refractivity (Wildman–Crippen MR) is 71.3 cm³/mol. The van der Waals surface area contributed by atoms with Crippen molar-refractivity contribution in [3.63, 3.8) is 0 Å². The van der Waals surface area contributed by atoms with Crippen LogP contribution in [-0.2, 0) is 12.6 Å². The molecule has 0 unspecified atom stereocenters. The lowest BCUT2D eigenvalue weighted by Gasteiger charge is -2.12. The summed E-state index contributed by atoms with van der Waals surface area (Å²) in [6.45, 7) is 0.119. The molecule has 1 N–H and O–H groups in total. The van der Waals surface area contributed by atoms with E-state index in [1.807, 2.05) is 0 Å². The number of aromatic hydroxyl groups is 1. The minimum Gasteiger partial charge on any atom is -0.506 e. The van der Waals surface area contributed by atoms with Gasteiger partial charge in [-0.2, -0.15) is 18.4 Å². The molecule has 0 aliphatic carbocycles. The average molecular weight is 308 g/mol. The number of rotatable bonds is 4. The fourth-order valence-electron chi connectivity index (χ4n) is 1.84. The lowest BCUT2D eigenvalue weighted by molar-refractivity contribution is -0.137. The Hall–Kier alpha value is -2.75. The van der Waals surface area contributed by atoms with Crippen molar-refractivity contribution < 1.29 is 23.0 Å². The average Bonchev–Trinajstić information content (AvgIpc) is 2.46. The Morgan fingerprint density at radius 2 is 2.00 bits per heavy atom. The molecule has 0 bridgehead atoms. The van der Waals surface area contributed by atoms with Gasteiger partial charge < -0.3 is 9.84 Å². The first-order valence-corrected chi connectivity index (χ1v) is 6.27. The molecule has 2 aromatic rings. The summed E-state index contributed by atoms with van der Waals surface area (Å²) in [6.07, 6.45) is -1.42. The zero-order chi connectivity index (χ0) is 16.2. The monoisotopic (exact) mass is 308 g/mol. The zero-order valence-electron chi connectivity index (χ0n) is 11.3. The van der Waals surface area contributed by atoms with E-state index in [1.54, 1.807) is 0 Å². The van der Waals surface area contributed by atoms with Gasteiger partial charge in [-0.1, -0.05) is 0 Å². The molecule has 4 nitrogen and oxygen atoms in total. The highest BCUT2D eigenvalue weighted by Gasteiger charge is 2.34. The van der Waals surface area contributed by atoms with Crippen molar-refractivity contribution in [1.82, 2.24) is 4.98 Å². The van der Waals surface area contributed by atoms with Gasteiger partial charge in [0.2, 0.25) is 0 Å². The number of alkyl halides is 3. The van der Waals surface area contributed by atoms with E-state index in [4.69, 9.17) is 10.00 Å². The highest BCUT2D eigenvalue weighted by Crippen LogP contribution is 2.34. The number of aromatic nitrogens is 1. The summed E-state index contributed by atoms with van der Waals surface area (Å²) in [7, 11) is 0. The minimum atomic E-state index is -4.61. The van der Waals surface area contributed by atoms with Crippen molar-refractivity contribution in [2.75, 3.05) is 6.61 Å². The van der Waals surface area contributed by atoms with Crippen LogP contribution in [0.2, 0.25) is 0 Å². The minimum absolute atomic E-state index is 0.00947. The molecule has 0 saturated heterocycles. The van der Waals surface area contributed by atoms with Crippen molar-refractivity contribution in [2.24, 2.45) is 0 Å². The first-order valence-electron chi connectivity index (χ1n) is 6.27. The molecule has 7 heteroatoms. The molecular formula is C15H11F3N2O2. The van der Waals surface area contributed by atoms with Gasteiger partial charge in [-0.05, 0) is 29.8 Å². The number of hydrogen-bond acceptors (Lipinski definition) is 4. The standard InChI is InChI=1S/C15H11F3N2O2/c16-15(17,18)14-6-13(2-1-11(14)7-19)22-4-3-10-5-12(21)9-20-8-10/h1-2,5-6,8-9,21H,3-4H2. The van der Waals surface area contributed by atoms with Crippen LogP contribution in [0.15, 0.2) is 36.7 Å². The molecule has 0 radical (unpaired) electrons. The van der Waals surface area contributed by atoms with Crippen molar-refractivity contribution in [1.29, 1.82) is 5.26 Å². The largest absolute Gasteiger partial charge is 0.506 e. The van der Waals surface area contributed by atoms with Gasteiger partial charge in [0.05, 0.1) is 30.0 Å². The topological polar surface area (TPSA) is 66.1 Å². The number of ether oxygens (including phenoxy) is 1. The zero-order valence-corrected chi connectivity index (χ0v) is 11.3. The molecule has 1 aromatic carbocycles. The number of nitrogens with zero attached hydrogens (tertiary/aromatic N) is 2. The molecule has 2 rings (SSSR count). The summed E-state index contributed by atoms with van der Waals surface area (Å²) in [5.41, 5.74) is -0.770. The molecule has 0 spiro atoms. The van der Waals surface area contributed by atoms with Crippen LogP contribution in [0, 0.1) is 11.3 Å². The maximum Gasteiger partial charge on any atom is 0.417 e. The van der Waals surface area contributed by atoms with Crippen LogP contribution in [-0.4, -0.2) is 16.7 Å². The third-order valence-electron chi connectivity index (χ3n) is 2.86. The van der Waals surface area contributed by atoms with Crippen LogP contribution >= 0.6 is 0 Å². The molecule has 1 heterocycles. The molecule has 0 aliphatic rings. The summed E-state index contributed by atoms with van der Waals surface area (Å²) in [5.74, 6) is 0.0367. The van der Waals surface area contributed by atoms with E-state index in [1.165, 1.54) is 30.6 Å². The predicted octanol–water partition coefficient (Wildman–Crippen LogP) is 3.30. The number of hydrogen-bond donors (Lipinski definition) is 1. The van der Waals surface area contributed by atoms with Gasteiger partial charge in [-0.25, -0.2) is 0 Å². The Morgan fingerprint density at radius 1 is 1.23 bits per heavy atom. The molecule has 0 saturated carbocycles. The van der Waals surface area contributed by atoms with E-state index in [0.717, 1.165) is 12.1 Å². The van der Waals surface area contributed by atoms with Crippen LogP contribution in [0.3, 0.4) is 0 Å². The van der Waals surface area contributed by atoms with E-state index in [0.29, 0.717) is 12.0 Å². The van der Waals surface area contributed by atoms with Crippen molar-refractivity contribution >= 4 is 0 Å². The van der Waals surface area contributed by atoms with E-state index in [9.17, 15) is 18.3 Å². The molecule has 0 aliphatic heterocycles. The van der Waals surface area contributed by atoms with Crippen molar-refractivity contribution in [2.45, 2.75) is 12.6 Å². The highest BCUT2D eigenvalue weighted by atomic mass is 19.4. The second-order valence-electron chi connectivity index (χ2n) is 4.47. The first-order chi connectivity index (χ1) is 10.4. The summed E-state index contributed by atoms with van der Waals surface area (Å²) in [5, 5.41) is 18.0. The van der Waals surface area contributed by atoms with Crippen LogP contribution < -0.4 is 4.74 Å². The molecular weight excluding hydrogens is 297 g/mol. The molecule has 0 fully saturated rings. The summed E-state index contributed by atoms with van der Waals surface area (Å²) in [4.78, 5) is 3.79. The van der Waals surface area contributed by atoms with E-state index in [-0.39, 0.29) is 18.1 Å². The Kier molecular flexibility index (Phi) is 4.51. The Bertz CT molecular complexity index is 709. The van der Waals surface area contributed by atoms with E-state index >= 15 is 0 Å². The lowest BCUT2D eigenvalue weighted by Crippen LogP contribution is -2.09. The molecule has 22 heavy (non-hydrogen) atoms. The fourth-order valence-corrected chi connectivity index (χ4v) is 1.84. The summed E-state index contributed by atoms with van der Waals surface area (Å²) in [6, 6.07) is 6.20. The van der Waals surface area contributed by atoms with Gasteiger partial charge >= 0.3 is 6.18 Å². The second kappa shape index (κ2) is 6.35. The fraction of sp³-hybridized carbons (Fsp3) is 0.200. The Balaban J connectivity index is 2.06. The smallest absolute Gasteiger partial charge is 0.417 e. The number of halogens is 3. The quantitative estimate of drug-likeness (QED) is 0.941. The van der Waals surface area contributed by atoms with E-state index in [2.05, 4.69) is 4.98 Å². The lowest BCUT2D eigenvalue weighted by atomic mass is 10.1. The van der Waals surface area contributed by atoms with Crippen molar-refractivity contribution in [3.05, 3.63) is 53.3 Å². The van der Waals surface area contributed by atoms with Gasteiger partial charge in [0.1, 0.15) is 11.5 Å². The molecule has 114 valence electrons.